The third-order valence-electron chi connectivity index (χ3n) is 6.50. The molecule has 2 saturated heterocycles. The number of halogens is 1. The van der Waals surface area contributed by atoms with E-state index in [1.165, 1.54) is 5.56 Å². The van der Waals surface area contributed by atoms with Gasteiger partial charge in [-0.2, -0.15) is 4.98 Å². The van der Waals surface area contributed by atoms with E-state index in [0.29, 0.717) is 36.4 Å². The summed E-state index contributed by atoms with van der Waals surface area (Å²) < 4.78 is 5.54. The number of aromatic nitrogens is 2. The zero-order valence-electron chi connectivity index (χ0n) is 18.4. The van der Waals surface area contributed by atoms with Crippen molar-refractivity contribution in [1.82, 2.24) is 15.0 Å². The average Bonchev–Trinajstić information content (AvgIpc) is 3.47. The molecule has 2 amide bonds. The van der Waals surface area contributed by atoms with Crippen molar-refractivity contribution in [3.8, 4) is 11.4 Å². The van der Waals surface area contributed by atoms with Crippen LogP contribution < -0.4 is 4.90 Å². The maximum absolute atomic E-state index is 13.1. The lowest BCUT2D eigenvalue weighted by molar-refractivity contribution is -0.136. The van der Waals surface area contributed by atoms with Crippen LogP contribution in [0.2, 0.25) is 5.02 Å². The summed E-state index contributed by atoms with van der Waals surface area (Å²) in [5.74, 6) is 1.02. The highest BCUT2D eigenvalue weighted by Gasteiger charge is 2.38. The molecule has 5 rings (SSSR count). The fourth-order valence-corrected chi connectivity index (χ4v) is 4.78. The Morgan fingerprint density at radius 3 is 2.61 bits per heavy atom. The average molecular weight is 465 g/mol. The van der Waals surface area contributed by atoms with Gasteiger partial charge in [0.05, 0.1) is 5.92 Å². The quantitative estimate of drug-likeness (QED) is 0.569. The molecule has 0 N–H and O–H groups in total. The second kappa shape index (κ2) is 8.98. The van der Waals surface area contributed by atoms with Gasteiger partial charge in [-0.1, -0.05) is 52.7 Å². The fraction of sp³-hybridized carbons (Fsp3) is 0.360. The number of amides is 2. The molecule has 170 valence electrons. The fourth-order valence-electron chi connectivity index (χ4n) is 4.59. The largest absolute Gasteiger partial charge is 0.342 e. The lowest BCUT2D eigenvalue weighted by Gasteiger charge is -2.32. The van der Waals surface area contributed by atoms with E-state index in [2.05, 4.69) is 10.1 Å². The van der Waals surface area contributed by atoms with Gasteiger partial charge in [0.2, 0.25) is 23.5 Å². The van der Waals surface area contributed by atoms with Crippen LogP contribution in [0.3, 0.4) is 0 Å². The number of hydrogen-bond acceptors (Lipinski definition) is 5. The van der Waals surface area contributed by atoms with Gasteiger partial charge in [-0.25, -0.2) is 0 Å². The van der Waals surface area contributed by atoms with Crippen LogP contribution in [0, 0.1) is 12.8 Å². The molecule has 7 nitrogen and oxygen atoms in total. The van der Waals surface area contributed by atoms with Gasteiger partial charge in [-0.3, -0.25) is 9.59 Å². The monoisotopic (exact) mass is 464 g/mol. The number of rotatable bonds is 4. The number of carbonyl (C=O) groups excluding carboxylic acids is 2. The number of nitrogens with zero attached hydrogens (tertiary/aromatic N) is 4. The molecule has 8 heteroatoms. The maximum atomic E-state index is 13.1. The molecule has 1 aromatic heterocycles. The molecule has 0 aliphatic carbocycles. The summed E-state index contributed by atoms with van der Waals surface area (Å²) in [6.45, 7) is 3.67. The van der Waals surface area contributed by atoms with Crippen molar-refractivity contribution in [1.29, 1.82) is 0 Å². The molecule has 3 heterocycles. The van der Waals surface area contributed by atoms with Crippen molar-refractivity contribution >= 4 is 29.1 Å². The van der Waals surface area contributed by atoms with Gasteiger partial charge in [0.1, 0.15) is 0 Å². The predicted molar refractivity (Wildman–Crippen MR) is 125 cm³/mol. The highest BCUT2D eigenvalue weighted by molar-refractivity contribution is 6.31. The Labute approximate surface area is 197 Å². The first kappa shape index (κ1) is 21.6. The van der Waals surface area contributed by atoms with Crippen molar-refractivity contribution in [2.45, 2.75) is 32.1 Å². The molecule has 2 aromatic carbocycles. The van der Waals surface area contributed by atoms with Crippen molar-refractivity contribution in [3.63, 3.8) is 0 Å². The summed E-state index contributed by atoms with van der Waals surface area (Å²) in [6.07, 6.45) is 1.76. The second-order valence-corrected chi connectivity index (χ2v) is 9.24. The highest BCUT2D eigenvalue weighted by atomic mass is 35.5. The van der Waals surface area contributed by atoms with Gasteiger partial charge in [0.25, 0.3) is 0 Å². The van der Waals surface area contributed by atoms with Crippen LogP contribution in [0.5, 0.6) is 0 Å². The Balaban J connectivity index is 1.19. The van der Waals surface area contributed by atoms with Crippen LogP contribution in [-0.4, -0.2) is 46.5 Å². The first-order chi connectivity index (χ1) is 16.0. The summed E-state index contributed by atoms with van der Waals surface area (Å²) in [5.41, 5.74) is 2.85. The minimum absolute atomic E-state index is 0.0391. The molecular weight excluding hydrogens is 440 g/mol. The molecule has 2 aliphatic heterocycles. The number of hydrogen-bond donors (Lipinski definition) is 0. The van der Waals surface area contributed by atoms with Crippen LogP contribution in [0.1, 0.15) is 36.6 Å². The van der Waals surface area contributed by atoms with Crippen molar-refractivity contribution in [2.24, 2.45) is 5.92 Å². The van der Waals surface area contributed by atoms with Crippen LogP contribution in [-0.2, 0) is 9.59 Å². The van der Waals surface area contributed by atoms with Gasteiger partial charge < -0.3 is 14.3 Å². The van der Waals surface area contributed by atoms with Crippen LogP contribution in [0.25, 0.3) is 11.4 Å². The topological polar surface area (TPSA) is 79.5 Å². The normalized spacial score (nSPS) is 19.3. The zero-order chi connectivity index (χ0) is 22.9. The van der Waals surface area contributed by atoms with Crippen LogP contribution >= 0.6 is 11.6 Å². The van der Waals surface area contributed by atoms with Crippen molar-refractivity contribution in [2.75, 3.05) is 24.5 Å². The molecule has 0 radical (unpaired) electrons. The van der Waals surface area contributed by atoms with Crippen molar-refractivity contribution in [3.05, 3.63) is 65.0 Å². The summed E-state index contributed by atoms with van der Waals surface area (Å²) in [7, 11) is 0. The summed E-state index contributed by atoms with van der Waals surface area (Å²) >= 11 is 6.07. The molecule has 3 aromatic rings. The highest BCUT2D eigenvalue weighted by Crippen LogP contribution is 2.32. The van der Waals surface area contributed by atoms with E-state index in [1.807, 2.05) is 48.2 Å². The molecule has 2 aliphatic rings. The van der Waals surface area contributed by atoms with E-state index >= 15 is 0 Å². The predicted octanol–water partition coefficient (Wildman–Crippen LogP) is 4.46. The van der Waals surface area contributed by atoms with Gasteiger partial charge in [-0.05, 0) is 38.0 Å². The summed E-state index contributed by atoms with van der Waals surface area (Å²) in [6, 6.07) is 15.2. The van der Waals surface area contributed by atoms with Gasteiger partial charge in [0, 0.05) is 48.2 Å². The third kappa shape index (κ3) is 4.50. The number of aryl methyl sites for hydroxylation is 1. The Bertz CT molecular complexity index is 1170. The Morgan fingerprint density at radius 1 is 1.12 bits per heavy atom. The number of benzene rings is 2. The molecule has 0 unspecified atom stereocenters. The Kier molecular flexibility index (Phi) is 5.89. The van der Waals surface area contributed by atoms with Gasteiger partial charge in [-0.15, -0.1) is 0 Å². The molecule has 1 atom stereocenters. The van der Waals surface area contributed by atoms with E-state index in [9.17, 15) is 9.59 Å². The molecule has 2 fully saturated rings. The van der Waals surface area contributed by atoms with E-state index in [1.54, 1.807) is 17.0 Å². The Hall–Kier alpha value is -3.19. The lowest BCUT2D eigenvalue weighted by Crippen LogP contribution is -2.42. The van der Waals surface area contributed by atoms with Gasteiger partial charge in [0.15, 0.2) is 0 Å². The minimum atomic E-state index is -0.329. The maximum Gasteiger partial charge on any atom is 0.230 e. The van der Waals surface area contributed by atoms with E-state index in [-0.39, 0.29) is 30.1 Å². The second-order valence-electron chi connectivity index (χ2n) is 8.81. The SMILES string of the molecule is Cc1ccc(-c2noc(C3CCN(C(=O)[C@@H]4CC(=O)N(c5cccc(Cl)c5)C4)CC3)n2)cc1. The number of piperidine rings is 1. The summed E-state index contributed by atoms with van der Waals surface area (Å²) in [5, 5.41) is 4.71. The molecule has 33 heavy (non-hydrogen) atoms. The van der Waals surface area contributed by atoms with Crippen molar-refractivity contribution < 1.29 is 14.1 Å². The van der Waals surface area contributed by atoms with Crippen LogP contribution in [0.15, 0.2) is 53.1 Å². The first-order valence-corrected chi connectivity index (χ1v) is 11.6. The third-order valence-corrected chi connectivity index (χ3v) is 6.74. The van der Waals surface area contributed by atoms with E-state index in [0.717, 1.165) is 24.1 Å². The first-order valence-electron chi connectivity index (χ1n) is 11.2. The zero-order valence-corrected chi connectivity index (χ0v) is 19.2. The molecule has 0 bridgehead atoms. The minimum Gasteiger partial charge on any atom is -0.342 e. The Morgan fingerprint density at radius 2 is 1.88 bits per heavy atom. The number of anilines is 1. The molecule has 0 spiro atoms. The smallest absolute Gasteiger partial charge is 0.230 e. The van der Waals surface area contributed by atoms with E-state index < -0.39 is 0 Å². The van der Waals surface area contributed by atoms with Gasteiger partial charge >= 0.3 is 0 Å². The van der Waals surface area contributed by atoms with E-state index in [4.69, 9.17) is 16.1 Å². The summed E-state index contributed by atoms with van der Waals surface area (Å²) in [4.78, 5) is 33.8. The number of carbonyl (C=O) groups is 2. The molecule has 0 saturated carbocycles. The standard InChI is InChI=1S/C25H25ClN4O3/c1-16-5-7-17(8-6-16)23-27-24(33-28-23)18-9-11-29(12-10-18)25(32)19-13-22(31)30(15-19)21-4-2-3-20(26)14-21/h2-8,14,18-19H,9-13,15H2,1H3/t19-/m1/s1. The lowest BCUT2D eigenvalue weighted by atomic mass is 9.95. The molecular formula is C25H25ClN4O3. The van der Waals surface area contributed by atoms with Crippen LogP contribution in [0.4, 0.5) is 5.69 Å². The number of likely N-dealkylation sites (tertiary alicyclic amines) is 1.